The summed E-state index contributed by atoms with van der Waals surface area (Å²) in [6.07, 6.45) is 2.05. The summed E-state index contributed by atoms with van der Waals surface area (Å²) in [4.78, 5) is 9.38. The summed E-state index contributed by atoms with van der Waals surface area (Å²) < 4.78 is 5.40. The zero-order chi connectivity index (χ0) is 13.2. The van der Waals surface area contributed by atoms with E-state index < -0.39 is 0 Å². The van der Waals surface area contributed by atoms with E-state index in [9.17, 15) is 0 Å². The van der Waals surface area contributed by atoms with Crippen molar-refractivity contribution in [2.24, 2.45) is 0 Å². The van der Waals surface area contributed by atoms with Gasteiger partial charge in [0.15, 0.2) is 0 Å². The van der Waals surface area contributed by atoms with E-state index in [0.717, 1.165) is 43.4 Å². The first kappa shape index (κ1) is 13.3. The van der Waals surface area contributed by atoms with Gasteiger partial charge in [0, 0.05) is 37.7 Å². The molecule has 4 heteroatoms. The highest BCUT2D eigenvalue weighted by Gasteiger charge is 2.23. The first-order valence-corrected chi connectivity index (χ1v) is 6.65. The van der Waals surface area contributed by atoms with Crippen LogP contribution >= 0.6 is 0 Å². The van der Waals surface area contributed by atoms with Crippen LogP contribution in [0.3, 0.4) is 0 Å². The maximum Gasteiger partial charge on any atom is 0.134 e. The van der Waals surface area contributed by atoms with Gasteiger partial charge >= 0.3 is 0 Å². The minimum absolute atomic E-state index is 0.0501. The van der Waals surface area contributed by atoms with Crippen LogP contribution in [0.4, 0.5) is 5.82 Å². The summed E-state index contributed by atoms with van der Waals surface area (Å²) in [5.74, 6) is 2.32. The summed E-state index contributed by atoms with van der Waals surface area (Å²) >= 11 is 0. The van der Waals surface area contributed by atoms with Gasteiger partial charge in [0.2, 0.25) is 0 Å². The molecule has 1 aromatic rings. The Kier molecular flexibility index (Phi) is 3.85. The predicted molar refractivity (Wildman–Crippen MR) is 73.1 cm³/mol. The second-order valence-corrected chi connectivity index (χ2v) is 5.88. The van der Waals surface area contributed by atoms with Gasteiger partial charge in [-0.1, -0.05) is 20.8 Å². The summed E-state index contributed by atoms with van der Waals surface area (Å²) in [5, 5.41) is 3.14. The number of aromatic nitrogens is 2. The van der Waals surface area contributed by atoms with Crippen molar-refractivity contribution in [2.45, 2.75) is 44.9 Å². The number of ether oxygens (including phenoxy) is 1. The van der Waals surface area contributed by atoms with Crippen LogP contribution in [0, 0.1) is 0 Å². The highest BCUT2D eigenvalue weighted by molar-refractivity contribution is 5.37. The van der Waals surface area contributed by atoms with Gasteiger partial charge in [0.05, 0.1) is 5.69 Å². The Morgan fingerprint density at radius 1 is 1.22 bits per heavy atom. The maximum atomic E-state index is 5.40. The zero-order valence-corrected chi connectivity index (χ0v) is 11.8. The Labute approximate surface area is 109 Å². The molecule has 100 valence electrons. The van der Waals surface area contributed by atoms with Crippen LogP contribution in [0.2, 0.25) is 0 Å². The Hall–Kier alpha value is -1.16. The van der Waals surface area contributed by atoms with Gasteiger partial charge in [0.25, 0.3) is 0 Å². The molecule has 18 heavy (non-hydrogen) atoms. The van der Waals surface area contributed by atoms with Gasteiger partial charge in [-0.05, 0) is 12.8 Å². The molecule has 0 unspecified atom stereocenters. The monoisotopic (exact) mass is 249 g/mol. The van der Waals surface area contributed by atoms with Crippen LogP contribution in [0.1, 0.15) is 51.0 Å². The zero-order valence-electron chi connectivity index (χ0n) is 11.8. The molecule has 1 fully saturated rings. The van der Waals surface area contributed by atoms with Crippen molar-refractivity contribution in [2.75, 3.05) is 25.6 Å². The minimum atomic E-state index is 0.0501. The van der Waals surface area contributed by atoms with Crippen molar-refractivity contribution in [3.05, 3.63) is 17.6 Å². The van der Waals surface area contributed by atoms with Gasteiger partial charge in [-0.15, -0.1) is 0 Å². The number of rotatable bonds is 2. The molecule has 0 aliphatic carbocycles. The van der Waals surface area contributed by atoms with E-state index in [-0.39, 0.29) is 5.41 Å². The highest BCUT2D eigenvalue weighted by Crippen LogP contribution is 2.28. The quantitative estimate of drug-likeness (QED) is 0.875. The second-order valence-electron chi connectivity index (χ2n) is 5.88. The molecule has 1 saturated heterocycles. The summed E-state index contributed by atoms with van der Waals surface area (Å²) in [6.45, 7) is 8.19. The molecule has 2 heterocycles. The molecular formula is C14H23N3O. The first-order valence-electron chi connectivity index (χ1n) is 6.65. The average molecular weight is 249 g/mol. The molecule has 0 amide bonds. The van der Waals surface area contributed by atoms with Crippen LogP contribution in [-0.4, -0.2) is 30.2 Å². The predicted octanol–water partition coefficient (Wildman–Crippen LogP) is 2.71. The van der Waals surface area contributed by atoms with Gasteiger partial charge in [0.1, 0.15) is 11.6 Å². The number of anilines is 1. The van der Waals surface area contributed by atoms with Crippen LogP contribution in [0.15, 0.2) is 6.07 Å². The third kappa shape index (κ3) is 2.99. The topological polar surface area (TPSA) is 47.0 Å². The Bertz CT molecular complexity index is 406. The molecule has 0 saturated carbocycles. The number of hydrogen-bond donors (Lipinski definition) is 1. The number of nitrogens with zero attached hydrogens (tertiary/aromatic N) is 2. The lowest BCUT2D eigenvalue weighted by atomic mass is 9.91. The SMILES string of the molecule is CNc1cc(C(C)(C)C)nc(C2CCOCC2)n1. The lowest BCUT2D eigenvalue weighted by Gasteiger charge is -2.24. The second kappa shape index (κ2) is 5.22. The lowest BCUT2D eigenvalue weighted by Crippen LogP contribution is -2.21. The van der Waals surface area contributed by atoms with Gasteiger partial charge in [-0.2, -0.15) is 0 Å². The molecule has 1 aliphatic heterocycles. The average Bonchev–Trinajstić information content (AvgIpc) is 2.38. The van der Waals surface area contributed by atoms with E-state index in [1.165, 1.54) is 0 Å². The van der Waals surface area contributed by atoms with Crippen molar-refractivity contribution < 1.29 is 4.74 Å². The molecule has 0 atom stereocenters. The molecule has 0 radical (unpaired) electrons. The standard InChI is InChI=1S/C14H23N3O/c1-14(2,3)11-9-12(15-4)17-13(16-11)10-5-7-18-8-6-10/h9-10H,5-8H2,1-4H3,(H,15,16,17). The van der Waals surface area contributed by atoms with E-state index >= 15 is 0 Å². The Morgan fingerprint density at radius 3 is 2.44 bits per heavy atom. The summed E-state index contributed by atoms with van der Waals surface area (Å²) in [7, 11) is 1.91. The van der Waals surface area contributed by atoms with E-state index in [1.807, 2.05) is 13.1 Å². The summed E-state index contributed by atoms with van der Waals surface area (Å²) in [6, 6.07) is 2.04. The van der Waals surface area contributed by atoms with Crippen LogP contribution < -0.4 is 5.32 Å². The van der Waals surface area contributed by atoms with Crippen molar-refractivity contribution in [1.82, 2.24) is 9.97 Å². The molecular weight excluding hydrogens is 226 g/mol. The fraction of sp³-hybridized carbons (Fsp3) is 0.714. The minimum Gasteiger partial charge on any atom is -0.381 e. The van der Waals surface area contributed by atoms with Crippen LogP contribution in [-0.2, 0) is 10.2 Å². The van der Waals surface area contributed by atoms with Gasteiger partial charge < -0.3 is 10.1 Å². The molecule has 4 nitrogen and oxygen atoms in total. The van der Waals surface area contributed by atoms with E-state index in [2.05, 4.69) is 31.1 Å². The third-order valence-electron chi connectivity index (χ3n) is 3.35. The number of hydrogen-bond acceptors (Lipinski definition) is 4. The third-order valence-corrected chi connectivity index (χ3v) is 3.35. The highest BCUT2D eigenvalue weighted by atomic mass is 16.5. The molecule has 1 aliphatic rings. The van der Waals surface area contributed by atoms with Crippen molar-refractivity contribution in [1.29, 1.82) is 0 Å². The Balaban J connectivity index is 2.34. The fourth-order valence-electron chi connectivity index (χ4n) is 2.12. The normalized spacial score (nSPS) is 17.8. The van der Waals surface area contributed by atoms with Crippen molar-refractivity contribution in [3.8, 4) is 0 Å². The summed E-state index contributed by atoms with van der Waals surface area (Å²) in [5.41, 5.74) is 1.15. The molecule has 1 aromatic heterocycles. The molecule has 0 aromatic carbocycles. The molecule has 2 rings (SSSR count). The Morgan fingerprint density at radius 2 is 1.89 bits per heavy atom. The van der Waals surface area contributed by atoms with E-state index in [1.54, 1.807) is 0 Å². The first-order chi connectivity index (χ1) is 8.50. The smallest absolute Gasteiger partial charge is 0.134 e. The van der Waals surface area contributed by atoms with Gasteiger partial charge in [-0.3, -0.25) is 0 Å². The lowest BCUT2D eigenvalue weighted by molar-refractivity contribution is 0.0835. The van der Waals surface area contributed by atoms with E-state index in [0.29, 0.717) is 5.92 Å². The number of nitrogens with one attached hydrogen (secondary N) is 1. The van der Waals surface area contributed by atoms with Crippen LogP contribution in [0.25, 0.3) is 0 Å². The molecule has 1 N–H and O–H groups in total. The van der Waals surface area contributed by atoms with Gasteiger partial charge in [-0.25, -0.2) is 9.97 Å². The van der Waals surface area contributed by atoms with Crippen molar-refractivity contribution in [3.63, 3.8) is 0 Å². The molecule has 0 bridgehead atoms. The maximum absolute atomic E-state index is 5.40. The largest absolute Gasteiger partial charge is 0.381 e. The van der Waals surface area contributed by atoms with Crippen LogP contribution in [0.5, 0.6) is 0 Å². The van der Waals surface area contributed by atoms with Crippen molar-refractivity contribution >= 4 is 5.82 Å². The molecule has 0 spiro atoms. The van der Waals surface area contributed by atoms with E-state index in [4.69, 9.17) is 9.72 Å². The fourth-order valence-corrected chi connectivity index (χ4v) is 2.12.